The minimum Gasteiger partial charge on any atom is -0.358 e. The molecule has 0 saturated carbocycles. The van der Waals surface area contributed by atoms with Crippen LogP contribution in [0.15, 0.2) is 36.7 Å². The van der Waals surface area contributed by atoms with Gasteiger partial charge in [0.05, 0.1) is 18.3 Å². The molecule has 10 nitrogen and oxygen atoms in total. The maximum atomic E-state index is 12.1. The van der Waals surface area contributed by atoms with Crippen molar-refractivity contribution in [2.45, 2.75) is 20.0 Å². The third kappa shape index (κ3) is 4.03. The lowest BCUT2D eigenvalue weighted by Crippen LogP contribution is -2.21. The van der Waals surface area contributed by atoms with E-state index in [1.165, 1.54) is 17.1 Å². The molecule has 1 aromatic carbocycles. The third-order valence-electron chi connectivity index (χ3n) is 3.44. The smallest absolute Gasteiger partial charge is 0.345 e. The van der Waals surface area contributed by atoms with Crippen LogP contribution in [0, 0.1) is 17.0 Å². The fourth-order valence-corrected chi connectivity index (χ4v) is 2.52. The van der Waals surface area contributed by atoms with Gasteiger partial charge in [0.1, 0.15) is 6.33 Å². The van der Waals surface area contributed by atoms with Crippen LogP contribution in [0.3, 0.4) is 0 Å². The Bertz CT molecular complexity index is 966. The van der Waals surface area contributed by atoms with Crippen LogP contribution in [0.5, 0.6) is 0 Å². The summed E-state index contributed by atoms with van der Waals surface area (Å²) >= 11 is 6.10. The lowest BCUT2D eigenvalue weighted by atomic mass is 10.2. The molecule has 0 atom stereocenters. The summed E-state index contributed by atoms with van der Waals surface area (Å²) in [5.41, 5.74) is 1.31. The summed E-state index contributed by atoms with van der Waals surface area (Å²) in [4.78, 5) is 26.4. The topological polar surface area (TPSA) is 121 Å². The number of aromatic nitrogens is 5. The van der Waals surface area contributed by atoms with Gasteiger partial charge in [-0.05, 0) is 23.5 Å². The van der Waals surface area contributed by atoms with E-state index in [1.807, 2.05) is 18.2 Å². The number of aryl methyl sites for hydroxylation is 1. The normalized spacial score (nSPS) is 10.7. The first-order chi connectivity index (χ1) is 12.4. The van der Waals surface area contributed by atoms with Crippen molar-refractivity contribution in [3.8, 4) is 0 Å². The van der Waals surface area contributed by atoms with E-state index in [2.05, 4.69) is 20.5 Å². The van der Waals surface area contributed by atoms with Gasteiger partial charge < -0.3 is 10.1 Å². The molecule has 0 unspecified atom stereocenters. The van der Waals surface area contributed by atoms with Crippen molar-refractivity contribution in [3.63, 3.8) is 0 Å². The SMILES string of the molecule is Cc1cc([N+](=O)[O-])n(CC(=O)Nc2ncn(Cc3ccccc3Cl)n2)n1. The average Bonchev–Trinajstić information content (AvgIpc) is 3.16. The van der Waals surface area contributed by atoms with Gasteiger partial charge in [-0.15, -0.1) is 9.78 Å². The molecule has 0 aliphatic rings. The van der Waals surface area contributed by atoms with Crippen LogP contribution >= 0.6 is 11.6 Å². The van der Waals surface area contributed by atoms with Gasteiger partial charge >= 0.3 is 5.82 Å². The summed E-state index contributed by atoms with van der Waals surface area (Å²) in [6.07, 6.45) is 1.46. The number of nitrogens with zero attached hydrogens (tertiary/aromatic N) is 6. The van der Waals surface area contributed by atoms with E-state index in [1.54, 1.807) is 13.0 Å². The summed E-state index contributed by atoms with van der Waals surface area (Å²) < 4.78 is 2.54. The van der Waals surface area contributed by atoms with Crippen LogP contribution in [0.1, 0.15) is 11.3 Å². The van der Waals surface area contributed by atoms with Gasteiger partial charge in [-0.2, -0.15) is 0 Å². The summed E-state index contributed by atoms with van der Waals surface area (Å²) in [5, 5.41) is 22.1. The molecule has 3 aromatic rings. The van der Waals surface area contributed by atoms with E-state index in [0.717, 1.165) is 10.2 Å². The van der Waals surface area contributed by atoms with E-state index >= 15 is 0 Å². The molecule has 1 amide bonds. The molecule has 1 N–H and O–H groups in total. The van der Waals surface area contributed by atoms with Gasteiger partial charge in [0.15, 0.2) is 6.54 Å². The maximum absolute atomic E-state index is 12.1. The predicted octanol–water partition coefficient (Wildman–Crippen LogP) is 2.03. The number of nitro groups is 1. The Balaban J connectivity index is 1.65. The molecule has 11 heteroatoms. The van der Waals surface area contributed by atoms with E-state index in [-0.39, 0.29) is 18.3 Å². The fraction of sp³-hybridized carbons (Fsp3) is 0.200. The second-order valence-electron chi connectivity index (χ2n) is 5.46. The van der Waals surface area contributed by atoms with Crippen LogP contribution in [0.2, 0.25) is 5.02 Å². The van der Waals surface area contributed by atoms with Gasteiger partial charge in [0.2, 0.25) is 5.95 Å². The van der Waals surface area contributed by atoms with E-state index in [9.17, 15) is 14.9 Å². The lowest BCUT2D eigenvalue weighted by molar-refractivity contribution is -0.392. The Morgan fingerprint density at radius 1 is 1.35 bits per heavy atom. The Morgan fingerprint density at radius 3 is 2.85 bits per heavy atom. The fourth-order valence-electron chi connectivity index (χ4n) is 2.32. The van der Waals surface area contributed by atoms with Crippen molar-refractivity contribution in [1.29, 1.82) is 0 Å². The Morgan fingerprint density at radius 2 is 2.12 bits per heavy atom. The molecule has 2 aromatic heterocycles. The van der Waals surface area contributed by atoms with Crippen molar-refractivity contribution in [3.05, 3.63) is 63.1 Å². The molecule has 0 aliphatic carbocycles. The predicted molar refractivity (Wildman–Crippen MR) is 92.8 cm³/mol. The molecular weight excluding hydrogens is 362 g/mol. The van der Waals surface area contributed by atoms with Gasteiger partial charge in [0.25, 0.3) is 5.91 Å². The third-order valence-corrected chi connectivity index (χ3v) is 3.81. The van der Waals surface area contributed by atoms with Crippen molar-refractivity contribution in [2.75, 3.05) is 5.32 Å². The molecule has 0 aliphatic heterocycles. The minimum absolute atomic E-state index is 0.0913. The van der Waals surface area contributed by atoms with Crippen LogP contribution in [0.25, 0.3) is 0 Å². The molecule has 0 saturated heterocycles. The minimum atomic E-state index is -0.593. The average molecular weight is 376 g/mol. The maximum Gasteiger partial charge on any atom is 0.345 e. The van der Waals surface area contributed by atoms with Crippen molar-refractivity contribution < 1.29 is 9.72 Å². The summed E-state index contributed by atoms with van der Waals surface area (Å²) in [6, 6.07) is 8.62. The van der Waals surface area contributed by atoms with Crippen molar-refractivity contribution in [1.82, 2.24) is 24.5 Å². The molecule has 3 rings (SSSR count). The second kappa shape index (κ2) is 7.31. The second-order valence-corrected chi connectivity index (χ2v) is 5.87. The Hall–Kier alpha value is -3.27. The summed E-state index contributed by atoms with van der Waals surface area (Å²) in [7, 11) is 0. The highest BCUT2D eigenvalue weighted by Crippen LogP contribution is 2.16. The first-order valence-electron chi connectivity index (χ1n) is 7.54. The lowest BCUT2D eigenvalue weighted by Gasteiger charge is -2.03. The summed E-state index contributed by atoms with van der Waals surface area (Å²) in [6.45, 7) is 1.69. The zero-order valence-corrected chi connectivity index (χ0v) is 14.4. The number of hydrogen-bond donors (Lipinski definition) is 1. The molecule has 0 bridgehead atoms. The quantitative estimate of drug-likeness (QED) is 0.519. The molecule has 26 heavy (non-hydrogen) atoms. The Kier molecular flexibility index (Phi) is 4.94. The summed E-state index contributed by atoms with van der Waals surface area (Å²) in [5.74, 6) is -0.685. The molecule has 0 radical (unpaired) electrons. The zero-order chi connectivity index (χ0) is 18.7. The van der Waals surface area contributed by atoms with Crippen LogP contribution in [-0.4, -0.2) is 35.4 Å². The van der Waals surface area contributed by atoms with E-state index in [4.69, 9.17) is 11.6 Å². The number of benzene rings is 1. The molecular formula is C15H14ClN7O3. The van der Waals surface area contributed by atoms with Gasteiger partial charge in [-0.1, -0.05) is 34.9 Å². The highest BCUT2D eigenvalue weighted by atomic mass is 35.5. The van der Waals surface area contributed by atoms with E-state index in [0.29, 0.717) is 17.3 Å². The standard InChI is InChI=1S/C15H14ClN7O3/c1-10-6-14(23(25)26)22(19-10)8-13(24)18-15-17-9-21(20-15)7-11-4-2-3-5-12(11)16/h2-6,9H,7-8H2,1H3,(H,18,20,24). The van der Waals surface area contributed by atoms with Crippen molar-refractivity contribution in [2.24, 2.45) is 0 Å². The highest BCUT2D eigenvalue weighted by molar-refractivity contribution is 6.31. The molecule has 134 valence electrons. The number of anilines is 1. The van der Waals surface area contributed by atoms with Gasteiger partial charge in [0, 0.05) is 5.02 Å². The van der Waals surface area contributed by atoms with Crippen LogP contribution in [-0.2, 0) is 17.9 Å². The van der Waals surface area contributed by atoms with Gasteiger partial charge in [-0.25, -0.2) is 9.67 Å². The largest absolute Gasteiger partial charge is 0.358 e. The first-order valence-corrected chi connectivity index (χ1v) is 7.91. The highest BCUT2D eigenvalue weighted by Gasteiger charge is 2.20. The molecule has 2 heterocycles. The van der Waals surface area contributed by atoms with E-state index < -0.39 is 10.8 Å². The number of carbonyl (C=O) groups excluding carboxylic acids is 1. The zero-order valence-electron chi connectivity index (χ0n) is 13.7. The number of hydrogen-bond acceptors (Lipinski definition) is 6. The number of rotatable bonds is 6. The number of amides is 1. The number of halogens is 1. The number of carbonyl (C=O) groups is 1. The first kappa shape index (κ1) is 17.5. The molecule has 0 spiro atoms. The molecule has 0 fully saturated rings. The monoisotopic (exact) mass is 375 g/mol. The van der Waals surface area contributed by atoms with Crippen LogP contribution < -0.4 is 5.32 Å². The Labute approximate surface area is 152 Å². The van der Waals surface area contributed by atoms with Crippen LogP contribution in [0.4, 0.5) is 11.8 Å². The van der Waals surface area contributed by atoms with Gasteiger partial charge in [-0.3, -0.25) is 10.1 Å². The number of nitrogens with one attached hydrogen (secondary N) is 1. The van der Waals surface area contributed by atoms with Crippen molar-refractivity contribution >= 4 is 29.3 Å².